The van der Waals surface area contributed by atoms with E-state index in [4.69, 9.17) is 29.4 Å². The van der Waals surface area contributed by atoms with Crippen molar-refractivity contribution in [2.75, 3.05) is 20.3 Å². The summed E-state index contributed by atoms with van der Waals surface area (Å²) >= 11 is 0. The average Bonchev–Trinajstić information content (AvgIpc) is 2.89. The Hall–Kier alpha value is -4.64. The third-order valence-electron chi connectivity index (χ3n) is 5.62. The number of nitrogens with two attached hydrogens (primary N) is 1. The molecule has 3 aromatic rings. The van der Waals surface area contributed by atoms with Gasteiger partial charge < -0.3 is 29.4 Å². The van der Waals surface area contributed by atoms with Crippen LogP contribution in [0.1, 0.15) is 41.3 Å². The highest BCUT2D eigenvalue weighted by atomic mass is 16.5. The van der Waals surface area contributed by atoms with Crippen molar-refractivity contribution < 1.29 is 28.5 Å². The van der Waals surface area contributed by atoms with E-state index in [0.29, 0.717) is 47.3 Å². The van der Waals surface area contributed by atoms with E-state index in [2.05, 4.69) is 6.07 Å². The van der Waals surface area contributed by atoms with Crippen molar-refractivity contribution in [3.63, 3.8) is 0 Å². The lowest BCUT2D eigenvalue weighted by atomic mass is 9.83. The van der Waals surface area contributed by atoms with Crippen LogP contribution in [0.3, 0.4) is 0 Å². The molecule has 0 radical (unpaired) electrons. The van der Waals surface area contributed by atoms with Gasteiger partial charge in [0.15, 0.2) is 11.5 Å². The molecule has 0 spiro atoms. The molecule has 1 unspecified atom stereocenters. The number of esters is 1. The van der Waals surface area contributed by atoms with Gasteiger partial charge in [0.2, 0.25) is 5.88 Å². The first-order valence-electron chi connectivity index (χ1n) is 11.5. The third-order valence-corrected chi connectivity index (χ3v) is 5.62. The molecule has 1 heterocycles. The van der Waals surface area contributed by atoms with Crippen molar-refractivity contribution >= 4 is 5.97 Å². The predicted molar refractivity (Wildman–Crippen MR) is 132 cm³/mol. The molecule has 0 fully saturated rings. The summed E-state index contributed by atoms with van der Waals surface area (Å²) in [5.41, 5.74) is 8.25. The Morgan fingerprint density at radius 2 is 1.69 bits per heavy atom. The average molecular weight is 487 g/mol. The molecule has 184 valence electrons. The van der Waals surface area contributed by atoms with E-state index in [1.807, 2.05) is 26.0 Å². The zero-order valence-corrected chi connectivity index (χ0v) is 20.2. The van der Waals surface area contributed by atoms with E-state index in [9.17, 15) is 10.1 Å². The smallest absolute Gasteiger partial charge is 0.343 e. The second-order valence-electron chi connectivity index (χ2n) is 7.81. The zero-order chi connectivity index (χ0) is 25.7. The van der Waals surface area contributed by atoms with Gasteiger partial charge in [-0.2, -0.15) is 5.26 Å². The van der Waals surface area contributed by atoms with Crippen LogP contribution < -0.4 is 29.4 Å². The van der Waals surface area contributed by atoms with E-state index in [1.165, 1.54) is 0 Å². The maximum Gasteiger partial charge on any atom is 0.343 e. The fourth-order valence-electron chi connectivity index (χ4n) is 4.00. The molecular weight excluding hydrogens is 460 g/mol. The van der Waals surface area contributed by atoms with Crippen LogP contribution in [0.15, 0.2) is 72.1 Å². The Labute approximate surface area is 209 Å². The molecule has 1 atom stereocenters. The Morgan fingerprint density at radius 3 is 2.36 bits per heavy atom. The van der Waals surface area contributed by atoms with Crippen molar-refractivity contribution in [2.24, 2.45) is 5.73 Å². The van der Waals surface area contributed by atoms with Gasteiger partial charge in [-0.05, 0) is 61.9 Å². The van der Waals surface area contributed by atoms with Gasteiger partial charge in [0.05, 0.1) is 31.8 Å². The molecule has 0 aromatic heterocycles. The molecule has 4 rings (SSSR count). The van der Waals surface area contributed by atoms with Gasteiger partial charge in [-0.1, -0.05) is 12.1 Å². The number of nitriles is 1. The quantitative estimate of drug-likeness (QED) is 0.352. The Balaban J connectivity index is 1.65. The second kappa shape index (κ2) is 10.7. The summed E-state index contributed by atoms with van der Waals surface area (Å²) in [5.74, 6) is 1.44. The first-order chi connectivity index (χ1) is 17.5. The van der Waals surface area contributed by atoms with Crippen molar-refractivity contribution in [1.29, 1.82) is 5.26 Å². The van der Waals surface area contributed by atoms with E-state index in [0.717, 1.165) is 5.56 Å². The van der Waals surface area contributed by atoms with Crippen LogP contribution in [-0.2, 0) is 0 Å². The number of nitrogens with zero attached hydrogens (tertiary/aromatic N) is 1. The molecule has 8 nitrogen and oxygen atoms in total. The summed E-state index contributed by atoms with van der Waals surface area (Å²) in [5, 5.41) is 9.83. The summed E-state index contributed by atoms with van der Waals surface area (Å²) < 4.78 is 27.8. The monoisotopic (exact) mass is 486 g/mol. The number of rotatable bonds is 8. The number of hydrogen-bond acceptors (Lipinski definition) is 8. The molecule has 36 heavy (non-hydrogen) atoms. The molecule has 3 aromatic carbocycles. The van der Waals surface area contributed by atoms with Crippen LogP contribution in [0.2, 0.25) is 0 Å². The third kappa shape index (κ3) is 4.91. The maximum atomic E-state index is 12.6. The minimum atomic E-state index is -0.525. The van der Waals surface area contributed by atoms with Crippen LogP contribution in [-0.4, -0.2) is 26.3 Å². The highest BCUT2D eigenvalue weighted by Crippen LogP contribution is 2.45. The van der Waals surface area contributed by atoms with Crippen LogP contribution >= 0.6 is 0 Å². The topological polar surface area (TPSA) is 113 Å². The molecule has 1 aliphatic rings. The predicted octanol–water partition coefficient (Wildman–Crippen LogP) is 4.93. The summed E-state index contributed by atoms with van der Waals surface area (Å²) in [6, 6.07) is 19.3. The molecule has 0 saturated heterocycles. The number of benzene rings is 3. The van der Waals surface area contributed by atoms with E-state index in [-0.39, 0.29) is 17.2 Å². The van der Waals surface area contributed by atoms with Crippen molar-refractivity contribution in [2.45, 2.75) is 19.8 Å². The molecule has 0 bridgehead atoms. The van der Waals surface area contributed by atoms with Gasteiger partial charge in [-0.15, -0.1) is 0 Å². The van der Waals surface area contributed by atoms with E-state index >= 15 is 0 Å². The highest BCUT2D eigenvalue weighted by Gasteiger charge is 2.31. The summed E-state index contributed by atoms with van der Waals surface area (Å²) in [6.45, 7) is 4.80. The molecule has 2 N–H and O–H groups in total. The van der Waals surface area contributed by atoms with Crippen LogP contribution in [0.4, 0.5) is 0 Å². The van der Waals surface area contributed by atoms with Crippen LogP contribution in [0.25, 0.3) is 0 Å². The minimum Gasteiger partial charge on any atom is -0.494 e. The maximum absolute atomic E-state index is 12.6. The molecule has 0 saturated carbocycles. The van der Waals surface area contributed by atoms with Crippen molar-refractivity contribution in [3.05, 3.63) is 88.8 Å². The number of ether oxygens (including phenoxy) is 5. The SMILES string of the molecule is CCOc1ccc(C(=O)Oc2ccc3c(c2)OC(N)=C(C#N)C3c2ccc(OCC)c(OC)c2)cc1. The molecule has 8 heteroatoms. The van der Waals surface area contributed by atoms with Gasteiger partial charge in [0, 0.05) is 11.6 Å². The van der Waals surface area contributed by atoms with Gasteiger partial charge in [0.25, 0.3) is 0 Å². The Bertz CT molecular complexity index is 1340. The molecule has 0 aliphatic carbocycles. The Kier molecular flexibility index (Phi) is 7.31. The van der Waals surface area contributed by atoms with E-state index < -0.39 is 11.9 Å². The first-order valence-corrected chi connectivity index (χ1v) is 11.5. The van der Waals surface area contributed by atoms with Crippen LogP contribution in [0, 0.1) is 11.3 Å². The summed E-state index contributed by atoms with van der Waals surface area (Å²) in [7, 11) is 1.56. The standard InChI is InChI=1S/C28H26N2O6/c1-4-33-19-9-6-17(7-10-19)28(31)35-20-11-12-21-24(15-20)36-27(30)22(16-29)26(21)18-8-13-23(34-5-2)25(14-18)32-3/h6-15,26H,4-5,30H2,1-3H3. The highest BCUT2D eigenvalue weighted by molar-refractivity contribution is 5.91. The summed E-state index contributed by atoms with van der Waals surface area (Å²) in [4.78, 5) is 12.6. The lowest BCUT2D eigenvalue weighted by Crippen LogP contribution is -2.21. The minimum absolute atomic E-state index is 0.0159. The number of methoxy groups -OCH3 is 1. The zero-order valence-electron chi connectivity index (χ0n) is 20.2. The number of allylic oxidation sites excluding steroid dienone is 1. The normalized spacial score (nSPS) is 14.2. The number of carbonyl (C=O) groups excluding carboxylic acids is 1. The lowest BCUT2D eigenvalue weighted by molar-refractivity contribution is 0.0734. The van der Waals surface area contributed by atoms with Gasteiger partial charge in [-0.25, -0.2) is 4.79 Å². The van der Waals surface area contributed by atoms with Crippen molar-refractivity contribution in [1.82, 2.24) is 0 Å². The first kappa shape index (κ1) is 24.5. The van der Waals surface area contributed by atoms with E-state index in [1.54, 1.807) is 55.6 Å². The fraction of sp³-hybridized carbons (Fsp3) is 0.214. The van der Waals surface area contributed by atoms with Crippen molar-refractivity contribution in [3.8, 4) is 34.8 Å². The van der Waals surface area contributed by atoms with Crippen LogP contribution in [0.5, 0.6) is 28.7 Å². The largest absolute Gasteiger partial charge is 0.494 e. The number of carbonyl (C=O) groups is 1. The van der Waals surface area contributed by atoms with Gasteiger partial charge >= 0.3 is 5.97 Å². The lowest BCUT2D eigenvalue weighted by Gasteiger charge is -2.27. The Morgan fingerprint density at radius 1 is 0.972 bits per heavy atom. The number of fused-ring (bicyclic) bond motifs is 1. The second-order valence-corrected chi connectivity index (χ2v) is 7.81. The van der Waals surface area contributed by atoms with Gasteiger partial charge in [0.1, 0.15) is 28.9 Å². The van der Waals surface area contributed by atoms with Gasteiger partial charge in [-0.3, -0.25) is 0 Å². The molecular formula is C28H26N2O6. The molecule has 1 aliphatic heterocycles. The number of hydrogen-bond donors (Lipinski definition) is 1. The molecule has 0 amide bonds. The summed E-state index contributed by atoms with van der Waals surface area (Å²) in [6.07, 6.45) is 0. The fourth-order valence-corrected chi connectivity index (χ4v) is 4.00.